The van der Waals surface area contributed by atoms with Crippen LogP contribution in [-0.2, 0) is 4.74 Å². The molecule has 2 aliphatic heterocycles. The van der Waals surface area contributed by atoms with E-state index in [-0.39, 0.29) is 18.0 Å². The van der Waals surface area contributed by atoms with Crippen LogP contribution in [-0.4, -0.2) is 54.8 Å². The van der Waals surface area contributed by atoms with Crippen LogP contribution in [0.2, 0.25) is 0 Å². The minimum absolute atomic E-state index is 0.0748. The van der Waals surface area contributed by atoms with Crippen molar-refractivity contribution in [2.45, 2.75) is 51.7 Å². The molecule has 7 nitrogen and oxygen atoms in total. The van der Waals surface area contributed by atoms with Crippen molar-refractivity contribution < 1.29 is 23.8 Å². The van der Waals surface area contributed by atoms with Crippen LogP contribution >= 0.6 is 0 Å². The van der Waals surface area contributed by atoms with Gasteiger partial charge in [0.25, 0.3) is 5.91 Å². The number of nitrogens with zero attached hydrogens (tertiary/aromatic N) is 1. The second-order valence-electron chi connectivity index (χ2n) is 7.86. The molecule has 2 aliphatic rings. The maximum atomic E-state index is 12.7. The Bertz CT molecular complexity index is 698. The molecule has 1 aromatic rings. The third kappa shape index (κ3) is 4.84. The number of piperidine rings is 1. The van der Waals surface area contributed by atoms with Crippen molar-refractivity contribution in [3.63, 3.8) is 0 Å². The van der Waals surface area contributed by atoms with Gasteiger partial charge in [-0.1, -0.05) is 6.07 Å². The molecule has 1 atom stereocenters. The molecule has 148 valence electrons. The van der Waals surface area contributed by atoms with Gasteiger partial charge in [-0.3, -0.25) is 4.79 Å². The fourth-order valence-corrected chi connectivity index (χ4v) is 3.33. The molecule has 2 amide bonds. The van der Waals surface area contributed by atoms with Gasteiger partial charge in [0.05, 0.1) is 11.6 Å². The summed E-state index contributed by atoms with van der Waals surface area (Å²) < 4.78 is 16.7. The summed E-state index contributed by atoms with van der Waals surface area (Å²) in [6.07, 6.45) is 2.49. The number of nitrogens with one attached hydrogen (secondary N) is 1. The first-order chi connectivity index (χ1) is 12.8. The van der Waals surface area contributed by atoms with Crippen molar-refractivity contribution >= 4 is 12.0 Å². The van der Waals surface area contributed by atoms with Gasteiger partial charge in [-0.2, -0.15) is 0 Å². The van der Waals surface area contributed by atoms with Gasteiger partial charge in [-0.05, 0) is 52.2 Å². The summed E-state index contributed by atoms with van der Waals surface area (Å²) in [5.41, 5.74) is -0.0882. The molecule has 1 aromatic carbocycles. The summed E-state index contributed by atoms with van der Waals surface area (Å²) in [6.45, 7) is 7.48. The van der Waals surface area contributed by atoms with Crippen LogP contribution in [0.5, 0.6) is 11.5 Å². The van der Waals surface area contributed by atoms with E-state index in [1.54, 1.807) is 23.1 Å². The van der Waals surface area contributed by atoms with Crippen molar-refractivity contribution in [2.24, 2.45) is 0 Å². The van der Waals surface area contributed by atoms with Crippen LogP contribution in [0.3, 0.4) is 0 Å². The van der Waals surface area contributed by atoms with Crippen LogP contribution in [0.4, 0.5) is 4.79 Å². The van der Waals surface area contributed by atoms with Gasteiger partial charge in [0.1, 0.15) is 18.8 Å². The van der Waals surface area contributed by atoms with Crippen LogP contribution in [0.15, 0.2) is 18.2 Å². The molecule has 1 fully saturated rings. The van der Waals surface area contributed by atoms with Crippen molar-refractivity contribution in [3.8, 4) is 11.5 Å². The topological polar surface area (TPSA) is 77.1 Å². The number of hydrogen-bond donors (Lipinski definition) is 1. The number of fused-ring (bicyclic) bond motifs is 1. The number of amides is 2. The lowest BCUT2D eigenvalue weighted by Crippen LogP contribution is -2.50. The summed E-state index contributed by atoms with van der Waals surface area (Å²) in [4.78, 5) is 26.9. The van der Waals surface area contributed by atoms with Crippen molar-refractivity contribution in [3.05, 3.63) is 23.8 Å². The number of likely N-dealkylation sites (tertiary alicyclic amines) is 1. The third-order valence-corrected chi connectivity index (χ3v) is 4.56. The monoisotopic (exact) mass is 376 g/mol. The van der Waals surface area contributed by atoms with Gasteiger partial charge in [0, 0.05) is 13.1 Å². The van der Waals surface area contributed by atoms with Gasteiger partial charge >= 0.3 is 6.09 Å². The van der Waals surface area contributed by atoms with E-state index >= 15 is 0 Å². The summed E-state index contributed by atoms with van der Waals surface area (Å²) in [7, 11) is 0. The fraction of sp³-hybridized carbons (Fsp3) is 0.600. The Morgan fingerprint density at radius 2 is 2.00 bits per heavy atom. The zero-order chi connectivity index (χ0) is 19.4. The summed E-state index contributed by atoms with van der Waals surface area (Å²) in [5, 5.41) is 2.94. The molecule has 0 unspecified atom stereocenters. The number of ether oxygens (including phenoxy) is 3. The van der Waals surface area contributed by atoms with Crippen molar-refractivity contribution in [1.29, 1.82) is 0 Å². The molecular formula is C20H28N2O5. The first-order valence-corrected chi connectivity index (χ1v) is 9.51. The Labute approximate surface area is 160 Å². The molecule has 0 radical (unpaired) electrons. The summed E-state index contributed by atoms with van der Waals surface area (Å²) in [5.74, 6) is 0.836. The number of rotatable bonds is 3. The maximum absolute atomic E-state index is 12.7. The first kappa shape index (κ1) is 19.3. The van der Waals surface area contributed by atoms with Crippen LogP contribution in [0, 0.1) is 0 Å². The molecule has 2 heterocycles. The highest BCUT2D eigenvalue weighted by atomic mass is 16.6. The summed E-state index contributed by atoms with van der Waals surface area (Å²) >= 11 is 0. The lowest BCUT2D eigenvalue weighted by Gasteiger charge is -2.36. The minimum Gasteiger partial charge on any atom is -0.486 e. The van der Waals surface area contributed by atoms with E-state index in [4.69, 9.17) is 14.2 Å². The smallest absolute Gasteiger partial charge is 0.410 e. The van der Waals surface area contributed by atoms with E-state index in [0.29, 0.717) is 43.4 Å². The molecule has 1 N–H and O–H groups in total. The number of carbonyl (C=O) groups excluding carboxylic acids is 2. The highest BCUT2D eigenvalue weighted by Gasteiger charge is 2.31. The first-order valence-electron chi connectivity index (χ1n) is 9.51. The van der Waals surface area contributed by atoms with Gasteiger partial charge in [-0.15, -0.1) is 0 Å². The number of hydrogen-bond acceptors (Lipinski definition) is 5. The standard InChI is InChI=1S/C20H28N2O5/c1-20(2,3)27-19(24)22-10-5-4-7-14(22)13-21-18(23)15-8-6-9-16-17(15)26-12-11-25-16/h6,8-9,14H,4-5,7,10-13H2,1-3H3,(H,21,23)/t14-/m0/s1. The third-order valence-electron chi connectivity index (χ3n) is 4.56. The molecule has 0 aromatic heterocycles. The van der Waals surface area contributed by atoms with Crippen molar-refractivity contribution in [1.82, 2.24) is 10.2 Å². The number of benzene rings is 1. The Morgan fingerprint density at radius 1 is 1.22 bits per heavy atom. The predicted octanol–water partition coefficient (Wildman–Crippen LogP) is 2.98. The largest absolute Gasteiger partial charge is 0.486 e. The Balaban J connectivity index is 1.64. The van der Waals surface area contributed by atoms with E-state index < -0.39 is 5.60 Å². The molecule has 0 bridgehead atoms. The van der Waals surface area contributed by atoms with E-state index in [1.807, 2.05) is 20.8 Å². The zero-order valence-corrected chi connectivity index (χ0v) is 16.2. The predicted molar refractivity (Wildman–Crippen MR) is 100 cm³/mol. The average Bonchev–Trinajstić information content (AvgIpc) is 2.64. The quantitative estimate of drug-likeness (QED) is 0.878. The molecule has 1 saturated heterocycles. The van der Waals surface area contributed by atoms with Gasteiger partial charge in [0.2, 0.25) is 0 Å². The minimum atomic E-state index is -0.539. The fourth-order valence-electron chi connectivity index (χ4n) is 3.33. The van der Waals surface area contributed by atoms with E-state index in [0.717, 1.165) is 19.3 Å². The van der Waals surface area contributed by atoms with Gasteiger partial charge < -0.3 is 24.4 Å². The highest BCUT2D eigenvalue weighted by molar-refractivity contribution is 5.97. The van der Waals surface area contributed by atoms with E-state index in [9.17, 15) is 9.59 Å². The lowest BCUT2D eigenvalue weighted by atomic mass is 10.0. The van der Waals surface area contributed by atoms with Crippen LogP contribution in [0.25, 0.3) is 0 Å². The zero-order valence-electron chi connectivity index (χ0n) is 16.2. The Hall–Kier alpha value is -2.44. The molecule has 7 heteroatoms. The lowest BCUT2D eigenvalue weighted by molar-refractivity contribution is 0.00985. The molecule has 0 spiro atoms. The Kier molecular flexibility index (Phi) is 5.77. The van der Waals surface area contributed by atoms with Crippen LogP contribution in [0.1, 0.15) is 50.4 Å². The molecular weight excluding hydrogens is 348 g/mol. The second-order valence-corrected chi connectivity index (χ2v) is 7.86. The van der Waals surface area contributed by atoms with Gasteiger partial charge in [-0.25, -0.2) is 4.79 Å². The molecule has 0 aliphatic carbocycles. The van der Waals surface area contributed by atoms with Crippen LogP contribution < -0.4 is 14.8 Å². The Morgan fingerprint density at radius 3 is 2.78 bits per heavy atom. The second kappa shape index (κ2) is 8.06. The molecule has 0 saturated carbocycles. The number of carbonyl (C=O) groups is 2. The molecule has 3 rings (SSSR count). The average molecular weight is 376 g/mol. The normalized spacial score (nSPS) is 19.4. The SMILES string of the molecule is CC(C)(C)OC(=O)N1CCCC[C@H]1CNC(=O)c1cccc2c1OCCO2. The molecule has 27 heavy (non-hydrogen) atoms. The van der Waals surface area contributed by atoms with E-state index in [1.165, 1.54) is 0 Å². The maximum Gasteiger partial charge on any atom is 0.410 e. The van der Waals surface area contributed by atoms with Gasteiger partial charge in [0.15, 0.2) is 11.5 Å². The number of para-hydroxylation sites is 1. The summed E-state index contributed by atoms with van der Waals surface area (Å²) in [6, 6.07) is 5.21. The van der Waals surface area contributed by atoms with E-state index in [2.05, 4.69) is 5.32 Å². The highest BCUT2D eigenvalue weighted by Crippen LogP contribution is 2.33. The van der Waals surface area contributed by atoms with Crippen molar-refractivity contribution in [2.75, 3.05) is 26.3 Å².